The molecule has 0 aromatic rings. The summed E-state index contributed by atoms with van der Waals surface area (Å²) in [6.45, 7) is 9.00. The van der Waals surface area contributed by atoms with Crippen molar-refractivity contribution in [2.45, 2.75) is 70.1 Å². The average molecular weight is 246 g/mol. The van der Waals surface area contributed by atoms with Crippen LogP contribution in [0, 0.1) is 0 Å². The lowest BCUT2D eigenvalue weighted by Crippen LogP contribution is -2.48. The summed E-state index contributed by atoms with van der Waals surface area (Å²) in [4.78, 5) is 0. The first-order chi connectivity index (χ1) is 7.60. The van der Waals surface area contributed by atoms with Crippen LogP contribution in [0.4, 0.5) is 0 Å². The molecule has 0 aliphatic carbocycles. The molecule has 0 aromatic carbocycles. The number of ether oxygens (including phenoxy) is 4. The van der Waals surface area contributed by atoms with Gasteiger partial charge in [-0.15, -0.1) is 0 Å². The molecule has 2 fully saturated rings. The molecule has 5 nitrogen and oxygen atoms in total. The smallest absolute Gasteiger partial charge is 0.189 e. The van der Waals surface area contributed by atoms with Gasteiger partial charge in [0.2, 0.25) is 0 Å². The van der Waals surface area contributed by atoms with Gasteiger partial charge in [-0.05, 0) is 34.6 Å². The van der Waals surface area contributed by atoms with E-state index in [2.05, 4.69) is 0 Å². The van der Waals surface area contributed by atoms with Gasteiger partial charge in [0.05, 0.1) is 5.60 Å². The zero-order valence-electron chi connectivity index (χ0n) is 11.3. The lowest BCUT2D eigenvalue weighted by atomic mass is 9.90. The lowest BCUT2D eigenvalue weighted by Gasteiger charge is -2.30. The van der Waals surface area contributed by atoms with E-state index in [4.69, 9.17) is 18.9 Å². The van der Waals surface area contributed by atoms with E-state index in [9.17, 15) is 5.11 Å². The zero-order chi connectivity index (χ0) is 13.1. The van der Waals surface area contributed by atoms with E-state index in [-0.39, 0.29) is 6.10 Å². The first-order valence-corrected chi connectivity index (χ1v) is 5.89. The molecule has 2 saturated heterocycles. The molecule has 2 heterocycles. The van der Waals surface area contributed by atoms with Crippen molar-refractivity contribution in [1.29, 1.82) is 0 Å². The molecule has 4 atom stereocenters. The minimum absolute atomic E-state index is 0.345. The van der Waals surface area contributed by atoms with Gasteiger partial charge in [-0.1, -0.05) is 0 Å². The number of rotatable bonds is 2. The van der Waals surface area contributed by atoms with E-state index in [0.717, 1.165) is 0 Å². The fourth-order valence-corrected chi connectivity index (χ4v) is 2.75. The van der Waals surface area contributed by atoms with Gasteiger partial charge in [-0.25, -0.2) is 0 Å². The summed E-state index contributed by atoms with van der Waals surface area (Å²) in [5.74, 6) is -0.691. The van der Waals surface area contributed by atoms with E-state index in [1.165, 1.54) is 0 Å². The summed E-state index contributed by atoms with van der Waals surface area (Å²) in [7, 11) is 1.56. The van der Waals surface area contributed by atoms with E-state index in [1.54, 1.807) is 21.0 Å². The molecule has 2 rings (SSSR count). The van der Waals surface area contributed by atoms with Gasteiger partial charge in [0, 0.05) is 7.11 Å². The van der Waals surface area contributed by atoms with E-state index < -0.39 is 29.4 Å². The Morgan fingerprint density at radius 2 is 1.82 bits per heavy atom. The maximum absolute atomic E-state index is 10.1. The fourth-order valence-electron chi connectivity index (χ4n) is 2.75. The van der Waals surface area contributed by atoms with Gasteiger partial charge in [-0.2, -0.15) is 0 Å². The van der Waals surface area contributed by atoms with Crippen molar-refractivity contribution >= 4 is 0 Å². The van der Waals surface area contributed by atoms with Gasteiger partial charge in [0.1, 0.15) is 17.8 Å². The standard InChI is InChI=1S/C12H22O5/c1-10(2,13)7-8-12(5,9(14-6)15-7)17-11(3,4)16-8/h7-9,13H,1-6H3/t7-,8+,9?,12+/m0/s1. The molecule has 0 bridgehead atoms. The zero-order valence-corrected chi connectivity index (χ0v) is 11.3. The van der Waals surface area contributed by atoms with Crippen molar-refractivity contribution < 1.29 is 24.1 Å². The molecule has 100 valence electrons. The van der Waals surface area contributed by atoms with Gasteiger partial charge in [-0.3, -0.25) is 0 Å². The Balaban J connectivity index is 2.33. The predicted octanol–water partition coefficient (Wildman–Crippen LogP) is 1.04. The van der Waals surface area contributed by atoms with Crippen molar-refractivity contribution in [1.82, 2.24) is 0 Å². The molecular formula is C12H22O5. The molecule has 0 spiro atoms. The third-order valence-electron chi connectivity index (χ3n) is 3.36. The van der Waals surface area contributed by atoms with Gasteiger partial charge < -0.3 is 24.1 Å². The number of aliphatic hydroxyl groups is 1. The molecular weight excluding hydrogens is 224 g/mol. The molecule has 0 amide bonds. The molecule has 0 aromatic heterocycles. The largest absolute Gasteiger partial charge is 0.388 e. The molecule has 1 N–H and O–H groups in total. The van der Waals surface area contributed by atoms with Crippen molar-refractivity contribution in [3.63, 3.8) is 0 Å². The normalized spacial score (nSPS) is 45.0. The van der Waals surface area contributed by atoms with Crippen LogP contribution >= 0.6 is 0 Å². The Labute approximate surface area is 102 Å². The highest BCUT2D eigenvalue weighted by atomic mass is 16.8. The van der Waals surface area contributed by atoms with Crippen molar-refractivity contribution in [2.75, 3.05) is 7.11 Å². The summed E-state index contributed by atoms with van der Waals surface area (Å²) in [6.07, 6.45) is -1.35. The van der Waals surface area contributed by atoms with E-state index >= 15 is 0 Å². The second-order valence-electron chi connectivity index (χ2n) is 6.00. The van der Waals surface area contributed by atoms with Crippen molar-refractivity contribution in [2.24, 2.45) is 0 Å². The van der Waals surface area contributed by atoms with Gasteiger partial charge >= 0.3 is 0 Å². The second kappa shape index (κ2) is 3.65. The Kier molecular flexibility index (Phi) is 2.84. The van der Waals surface area contributed by atoms with Crippen LogP contribution in [0.15, 0.2) is 0 Å². The quantitative estimate of drug-likeness (QED) is 0.789. The minimum Gasteiger partial charge on any atom is -0.388 e. The van der Waals surface area contributed by atoms with Crippen LogP contribution in [0.5, 0.6) is 0 Å². The molecule has 1 unspecified atom stereocenters. The molecule has 0 saturated carbocycles. The Hall–Kier alpha value is -0.200. The highest BCUT2D eigenvalue weighted by molar-refractivity contribution is 5.08. The number of hydrogen-bond acceptors (Lipinski definition) is 5. The maximum atomic E-state index is 10.1. The van der Waals surface area contributed by atoms with E-state index in [1.807, 2.05) is 20.8 Å². The Morgan fingerprint density at radius 3 is 2.29 bits per heavy atom. The second-order valence-corrected chi connectivity index (χ2v) is 6.00. The highest BCUT2D eigenvalue weighted by Gasteiger charge is 2.66. The predicted molar refractivity (Wildman–Crippen MR) is 60.4 cm³/mol. The van der Waals surface area contributed by atoms with Crippen LogP contribution in [0.1, 0.15) is 34.6 Å². The Bertz CT molecular complexity index is 309. The van der Waals surface area contributed by atoms with Gasteiger partial charge in [0.15, 0.2) is 12.1 Å². The summed E-state index contributed by atoms with van der Waals surface area (Å²) in [5.41, 5.74) is -1.70. The topological polar surface area (TPSA) is 57.2 Å². The molecule has 2 aliphatic rings. The van der Waals surface area contributed by atoms with Crippen molar-refractivity contribution in [3.05, 3.63) is 0 Å². The number of methoxy groups -OCH3 is 1. The first kappa shape index (κ1) is 13.2. The third kappa shape index (κ3) is 2.00. The summed E-state index contributed by atoms with van der Waals surface area (Å²) < 4.78 is 22.8. The van der Waals surface area contributed by atoms with Crippen LogP contribution in [-0.4, -0.2) is 47.7 Å². The van der Waals surface area contributed by atoms with Crippen LogP contribution in [-0.2, 0) is 18.9 Å². The van der Waals surface area contributed by atoms with Crippen LogP contribution in [0.3, 0.4) is 0 Å². The molecule has 0 radical (unpaired) electrons. The van der Waals surface area contributed by atoms with Crippen LogP contribution in [0.25, 0.3) is 0 Å². The SMILES string of the molecule is COC1O[C@H](C(C)(C)O)[C@H]2OC(C)(C)O[C@@]12C. The maximum Gasteiger partial charge on any atom is 0.189 e. The van der Waals surface area contributed by atoms with E-state index in [0.29, 0.717) is 0 Å². The molecule has 5 heteroatoms. The highest BCUT2D eigenvalue weighted by Crippen LogP contribution is 2.48. The lowest BCUT2D eigenvalue weighted by molar-refractivity contribution is -0.262. The first-order valence-electron chi connectivity index (χ1n) is 5.89. The van der Waals surface area contributed by atoms with Crippen molar-refractivity contribution in [3.8, 4) is 0 Å². The number of hydrogen-bond donors (Lipinski definition) is 1. The summed E-state index contributed by atoms with van der Waals surface area (Å²) >= 11 is 0. The summed E-state index contributed by atoms with van der Waals surface area (Å²) in [5, 5.41) is 10.1. The monoisotopic (exact) mass is 246 g/mol. The van der Waals surface area contributed by atoms with Crippen LogP contribution in [0.2, 0.25) is 0 Å². The molecule has 2 aliphatic heterocycles. The van der Waals surface area contributed by atoms with Gasteiger partial charge in [0.25, 0.3) is 0 Å². The number of fused-ring (bicyclic) bond motifs is 1. The third-order valence-corrected chi connectivity index (χ3v) is 3.36. The molecule has 17 heavy (non-hydrogen) atoms. The minimum atomic E-state index is -1.01. The average Bonchev–Trinajstić information content (AvgIpc) is 2.49. The summed E-state index contributed by atoms with van der Waals surface area (Å²) in [6, 6.07) is 0. The fraction of sp³-hybridized carbons (Fsp3) is 1.00. The Morgan fingerprint density at radius 1 is 1.24 bits per heavy atom. The van der Waals surface area contributed by atoms with Crippen LogP contribution < -0.4 is 0 Å².